The van der Waals surface area contributed by atoms with Gasteiger partial charge in [0.25, 0.3) is 0 Å². The molecule has 0 bridgehead atoms. The van der Waals surface area contributed by atoms with E-state index in [1.54, 1.807) is 0 Å². The molecule has 1 amide bonds. The summed E-state index contributed by atoms with van der Waals surface area (Å²) in [5.74, 6) is 1.47. The predicted molar refractivity (Wildman–Crippen MR) is 58.0 cm³/mol. The Balaban J connectivity index is 2.37. The van der Waals surface area contributed by atoms with Gasteiger partial charge in [-0.25, -0.2) is 0 Å². The maximum atomic E-state index is 11.6. The monoisotopic (exact) mass is 201 g/mol. The lowest BCUT2D eigenvalue weighted by molar-refractivity contribution is -0.131. The van der Waals surface area contributed by atoms with Crippen LogP contribution in [0, 0.1) is 0 Å². The van der Waals surface area contributed by atoms with E-state index in [0.29, 0.717) is 11.2 Å². The lowest BCUT2D eigenvalue weighted by atomic mass is 10.2. The van der Waals surface area contributed by atoms with Crippen molar-refractivity contribution in [3.63, 3.8) is 0 Å². The molecule has 0 aliphatic carbocycles. The summed E-state index contributed by atoms with van der Waals surface area (Å²) >= 11 is 2.01. The summed E-state index contributed by atoms with van der Waals surface area (Å²) in [7, 11) is 0. The molecule has 2 nitrogen and oxygen atoms in total. The molecule has 1 aliphatic rings. The van der Waals surface area contributed by atoms with Crippen molar-refractivity contribution in [1.29, 1.82) is 0 Å². The van der Waals surface area contributed by atoms with E-state index in [1.807, 2.05) is 16.7 Å². The summed E-state index contributed by atoms with van der Waals surface area (Å²) in [5.41, 5.74) is 0. The van der Waals surface area contributed by atoms with Crippen molar-refractivity contribution in [3.05, 3.63) is 0 Å². The van der Waals surface area contributed by atoms with Crippen LogP contribution in [0.1, 0.15) is 33.1 Å². The Hall–Kier alpha value is -0.180. The Morgan fingerprint density at radius 1 is 1.54 bits per heavy atom. The number of carbonyl (C=O) groups is 1. The van der Waals surface area contributed by atoms with E-state index in [4.69, 9.17) is 0 Å². The normalized spacial score (nSPS) is 23.2. The fourth-order valence-electron chi connectivity index (χ4n) is 1.56. The third-order valence-electron chi connectivity index (χ3n) is 2.41. The minimum Gasteiger partial charge on any atom is -0.341 e. The Kier molecular flexibility index (Phi) is 4.64. The van der Waals surface area contributed by atoms with Crippen LogP contribution in [0.4, 0.5) is 0 Å². The van der Waals surface area contributed by atoms with E-state index >= 15 is 0 Å². The van der Waals surface area contributed by atoms with E-state index in [1.165, 1.54) is 6.42 Å². The maximum Gasteiger partial charge on any atom is 0.222 e. The molecule has 1 aliphatic heterocycles. The Labute approximate surface area is 85.1 Å². The molecule has 1 fully saturated rings. The number of rotatable bonds is 3. The maximum absolute atomic E-state index is 11.6. The molecule has 0 aromatic carbocycles. The molecule has 3 heteroatoms. The van der Waals surface area contributed by atoms with Crippen LogP contribution < -0.4 is 0 Å². The highest BCUT2D eigenvalue weighted by Crippen LogP contribution is 2.21. The van der Waals surface area contributed by atoms with Crippen molar-refractivity contribution < 1.29 is 4.79 Å². The van der Waals surface area contributed by atoms with Crippen LogP contribution in [-0.4, -0.2) is 34.9 Å². The van der Waals surface area contributed by atoms with E-state index in [2.05, 4.69) is 13.8 Å². The fraction of sp³-hybridized carbons (Fsp3) is 0.900. The van der Waals surface area contributed by atoms with Crippen LogP contribution in [0.5, 0.6) is 0 Å². The summed E-state index contributed by atoms with van der Waals surface area (Å²) in [6, 6.07) is 0. The van der Waals surface area contributed by atoms with E-state index < -0.39 is 0 Å². The number of carbonyl (C=O) groups excluding carboxylic acids is 1. The second kappa shape index (κ2) is 5.53. The van der Waals surface area contributed by atoms with Crippen molar-refractivity contribution in [3.8, 4) is 0 Å². The Bertz CT molecular complexity index is 172. The third kappa shape index (κ3) is 3.22. The summed E-state index contributed by atoms with van der Waals surface area (Å²) in [4.78, 5) is 13.6. The summed E-state index contributed by atoms with van der Waals surface area (Å²) < 4.78 is 0. The number of nitrogens with zero attached hydrogens (tertiary/aromatic N) is 1. The standard InChI is InChI=1S/C10H19NOS/c1-3-5-10(12)11-6-7-13-9(4-2)8-11/h9H,3-8H2,1-2H3. The van der Waals surface area contributed by atoms with Gasteiger partial charge in [-0.1, -0.05) is 13.8 Å². The molecule has 0 spiro atoms. The van der Waals surface area contributed by atoms with Crippen molar-refractivity contribution in [2.45, 2.75) is 38.4 Å². The van der Waals surface area contributed by atoms with Gasteiger partial charge in [0.2, 0.25) is 5.91 Å². The SMILES string of the molecule is CCCC(=O)N1CCSC(CC)C1. The minimum atomic E-state index is 0.348. The zero-order valence-electron chi connectivity index (χ0n) is 8.58. The molecule has 1 atom stereocenters. The lowest BCUT2D eigenvalue weighted by Gasteiger charge is -2.31. The molecule has 0 aromatic rings. The van der Waals surface area contributed by atoms with Gasteiger partial charge in [0.15, 0.2) is 0 Å². The van der Waals surface area contributed by atoms with Crippen LogP contribution in [0.3, 0.4) is 0 Å². The minimum absolute atomic E-state index is 0.348. The molecular formula is C10H19NOS. The van der Waals surface area contributed by atoms with Crippen molar-refractivity contribution in [1.82, 2.24) is 4.90 Å². The number of hydrogen-bond donors (Lipinski definition) is 0. The first-order chi connectivity index (χ1) is 6.27. The zero-order valence-corrected chi connectivity index (χ0v) is 9.40. The summed E-state index contributed by atoms with van der Waals surface area (Å²) in [6.07, 6.45) is 2.88. The first-order valence-electron chi connectivity index (χ1n) is 5.17. The van der Waals surface area contributed by atoms with E-state index in [9.17, 15) is 4.79 Å². The summed E-state index contributed by atoms with van der Waals surface area (Å²) in [5, 5.41) is 0.676. The van der Waals surface area contributed by atoms with Crippen molar-refractivity contribution in [2.24, 2.45) is 0 Å². The Morgan fingerprint density at radius 2 is 2.31 bits per heavy atom. The molecule has 0 aromatic heterocycles. The van der Waals surface area contributed by atoms with Crippen LogP contribution in [0.2, 0.25) is 0 Å². The Morgan fingerprint density at radius 3 is 2.92 bits per heavy atom. The highest BCUT2D eigenvalue weighted by Gasteiger charge is 2.21. The second-order valence-electron chi connectivity index (χ2n) is 3.49. The molecule has 1 rings (SSSR count). The molecule has 0 N–H and O–H groups in total. The average Bonchev–Trinajstić information content (AvgIpc) is 2.18. The summed E-state index contributed by atoms with van der Waals surface area (Å²) in [6.45, 7) is 6.19. The van der Waals surface area contributed by atoms with Gasteiger partial charge in [0.05, 0.1) is 0 Å². The largest absolute Gasteiger partial charge is 0.341 e. The van der Waals surface area contributed by atoms with Gasteiger partial charge in [0, 0.05) is 30.5 Å². The van der Waals surface area contributed by atoms with Gasteiger partial charge in [-0.15, -0.1) is 0 Å². The number of thioether (sulfide) groups is 1. The molecule has 0 radical (unpaired) electrons. The van der Waals surface area contributed by atoms with Gasteiger partial charge in [-0.05, 0) is 12.8 Å². The van der Waals surface area contributed by atoms with E-state index in [-0.39, 0.29) is 0 Å². The molecular weight excluding hydrogens is 182 g/mol. The molecule has 1 heterocycles. The smallest absolute Gasteiger partial charge is 0.222 e. The molecule has 1 unspecified atom stereocenters. The van der Waals surface area contributed by atoms with Crippen LogP contribution in [0.25, 0.3) is 0 Å². The highest BCUT2D eigenvalue weighted by molar-refractivity contribution is 8.00. The topological polar surface area (TPSA) is 20.3 Å². The average molecular weight is 201 g/mol. The molecule has 1 saturated heterocycles. The lowest BCUT2D eigenvalue weighted by Crippen LogP contribution is -2.41. The van der Waals surface area contributed by atoms with Crippen LogP contribution >= 0.6 is 11.8 Å². The van der Waals surface area contributed by atoms with Gasteiger partial charge in [-0.2, -0.15) is 11.8 Å². The number of hydrogen-bond acceptors (Lipinski definition) is 2. The molecule has 0 saturated carbocycles. The zero-order chi connectivity index (χ0) is 9.68. The highest BCUT2D eigenvalue weighted by atomic mass is 32.2. The van der Waals surface area contributed by atoms with Crippen molar-refractivity contribution in [2.75, 3.05) is 18.8 Å². The fourth-order valence-corrected chi connectivity index (χ4v) is 2.74. The molecule has 13 heavy (non-hydrogen) atoms. The number of amides is 1. The third-order valence-corrected chi connectivity index (χ3v) is 3.78. The molecule has 76 valence electrons. The van der Waals surface area contributed by atoms with Crippen LogP contribution in [0.15, 0.2) is 0 Å². The van der Waals surface area contributed by atoms with Crippen LogP contribution in [-0.2, 0) is 4.79 Å². The first-order valence-corrected chi connectivity index (χ1v) is 6.22. The van der Waals surface area contributed by atoms with Gasteiger partial charge in [0.1, 0.15) is 0 Å². The quantitative estimate of drug-likeness (QED) is 0.697. The van der Waals surface area contributed by atoms with Gasteiger partial charge < -0.3 is 4.90 Å². The van der Waals surface area contributed by atoms with Crippen molar-refractivity contribution >= 4 is 17.7 Å². The van der Waals surface area contributed by atoms with E-state index in [0.717, 1.165) is 31.7 Å². The predicted octanol–water partition coefficient (Wildman–Crippen LogP) is 2.14. The van der Waals surface area contributed by atoms with Gasteiger partial charge in [-0.3, -0.25) is 4.79 Å². The first kappa shape index (κ1) is 10.9. The van der Waals surface area contributed by atoms with Gasteiger partial charge >= 0.3 is 0 Å². The second-order valence-corrected chi connectivity index (χ2v) is 4.90.